The summed E-state index contributed by atoms with van der Waals surface area (Å²) in [7, 11) is 0. The van der Waals surface area contributed by atoms with E-state index in [1.807, 2.05) is 31.2 Å². The Kier molecular flexibility index (Phi) is 5.56. The van der Waals surface area contributed by atoms with E-state index in [1.54, 1.807) is 18.2 Å². The standard InChI is InChI=1S/C18H13Cl2N3O2S/c1-10-2-5-12(6-3-10)21-16(25)18-23-22-17(26-18)14(20)9-11-4-7-15(24)13(19)8-11/h2-9,24H,1H3,(H,21,25)/b14-9-. The average molecular weight is 406 g/mol. The SMILES string of the molecule is Cc1ccc(NC(=O)c2nnc(/C(Cl)=C/c3ccc(O)c(Cl)c3)s2)cc1. The number of benzene rings is 2. The lowest BCUT2D eigenvalue weighted by Crippen LogP contribution is -2.11. The van der Waals surface area contributed by atoms with Crippen molar-refractivity contribution in [3.8, 4) is 5.75 Å². The smallest absolute Gasteiger partial charge is 0.286 e. The van der Waals surface area contributed by atoms with Crippen molar-refractivity contribution in [3.63, 3.8) is 0 Å². The van der Waals surface area contributed by atoms with Gasteiger partial charge in [0, 0.05) is 5.69 Å². The molecule has 0 saturated carbocycles. The summed E-state index contributed by atoms with van der Waals surface area (Å²) in [5, 5.41) is 21.2. The van der Waals surface area contributed by atoms with E-state index in [0.717, 1.165) is 16.9 Å². The first-order chi connectivity index (χ1) is 12.4. The molecule has 0 aliphatic heterocycles. The summed E-state index contributed by atoms with van der Waals surface area (Å²) in [6, 6.07) is 12.2. The minimum Gasteiger partial charge on any atom is -0.506 e. The molecule has 8 heteroatoms. The van der Waals surface area contributed by atoms with E-state index < -0.39 is 0 Å². The van der Waals surface area contributed by atoms with Gasteiger partial charge in [-0.1, -0.05) is 58.3 Å². The molecule has 0 atom stereocenters. The molecule has 0 fully saturated rings. The van der Waals surface area contributed by atoms with Crippen LogP contribution >= 0.6 is 34.5 Å². The Morgan fingerprint density at radius 2 is 1.85 bits per heavy atom. The van der Waals surface area contributed by atoms with Crippen LogP contribution in [0.1, 0.15) is 25.9 Å². The van der Waals surface area contributed by atoms with Gasteiger partial charge in [-0.25, -0.2) is 0 Å². The topological polar surface area (TPSA) is 75.1 Å². The van der Waals surface area contributed by atoms with Crippen molar-refractivity contribution >= 4 is 57.2 Å². The zero-order valence-corrected chi connectivity index (χ0v) is 15.9. The van der Waals surface area contributed by atoms with E-state index in [9.17, 15) is 9.90 Å². The number of hydrogen-bond acceptors (Lipinski definition) is 5. The van der Waals surface area contributed by atoms with Crippen molar-refractivity contribution in [2.24, 2.45) is 0 Å². The van der Waals surface area contributed by atoms with Crippen LogP contribution in [-0.2, 0) is 0 Å². The van der Waals surface area contributed by atoms with Gasteiger partial charge in [0.05, 0.1) is 10.1 Å². The zero-order chi connectivity index (χ0) is 18.7. The Morgan fingerprint density at radius 1 is 1.15 bits per heavy atom. The number of rotatable bonds is 4. The van der Waals surface area contributed by atoms with Crippen LogP contribution in [0.3, 0.4) is 0 Å². The fourth-order valence-corrected chi connectivity index (χ4v) is 3.17. The lowest BCUT2D eigenvalue weighted by molar-refractivity contribution is 0.102. The molecule has 0 radical (unpaired) electrons. The first-order valence-corrected chi connectivity index (χ1v) is 9.07. The van der Waals surface area contributed by atoms with Crippen LogP contribution in [0.15, 0.2) is 42.5 Å². The lowest BCUT2D eigenvalue weighted by atomic mass is 10.2. The van der Waals surface area contributed by atoms with Gasteiger partial charge >= 0.3 is 0 Å². The number of aromatic nitrogens is 2. The summed E-state index contributed by atoms with van der Waals surface area (Å²) in [5.41, 5.74) is 2.48. The summed E-state index contributed by atoms with van der Waals surface area (Å²) < 4.78 is 0. The highest BCUT2D eigenvalue weighted by Gasteiger charge is 2.15. The second-order valence-electron chi connectivity index (χ2n) is 5.44. The molecule has 0 saturated heterocycles. The second kappa shape index (κ2) is 7.86. The molecule has 0 spiro atoms. The number of carbonyl (C=O) groups is 1. The van der Waals surface area contributed by atoms with Gasteiger partial charge in [0.2, 0.25) is 5.01 Å². The predicted molar refractivity (Wildman–Crippen MR) is 106 cm³/mol. The van der Waals surface area contributed by atoms with Crippen LogP contribution in [0.25, 0.3) is 11.1 Å². The van der Waals surface area contributed by atoms with Gasteiger partial charge in [-0.3, -0.25) is 4.79 Å². The molecule has 0 unspecified atom stereocenters. The van der Waals surface area contributed by atoms with Crippen molar-refractivity contribution < 1.29 is 9.90 Å². The molecule has 5 nitrogen and oxygen atoms in total. The molecule has 0 aliphatic rings. The fraction of sp³-hybridized carbons (Fsp3) is 0.0556. The van der Waals surface area contributed by atoms with Gasteiger partial charge in [0.15, 0.2) is 5.01 Å². The summed E-state index contributed by atoms with van der Waals surface area (Å²) in [6.45, 7) is 1.97. The van der Waals surface area contributed by atoms with Crippen molar-refractivity contribution in [2.45, 2.75) is 6.92 Å². The van der Waals surface area contributed by atoms with Crippen LogP contribution < -0.4 is 5.32 Å². The molecule has 2 aromatic carbocycles. The minimum absolute atomic E-state index is 0.00841. The lowest BCUT2D eigenvalue weighted by Gasteiger charge is -2.02. The Bertz CT molecular complexity index is 984. The van der Waals surface area contributed by atoms with Gasteiger partial charge in [0.25, 0.3) is 5.91 Å². The maximum atomic E-state index is 12.3. The molecule has 132 valence electrons. The molecule has 1 amide bonds. The van der Waals surface area contributed by atoms with Crippen LogP contribution in [0, 0.1) is 6.92 Å². The number of carbonyl (C=O) groups excluding carboxylic acids is 1. The first kappa shape index (κ1) is 18.4. The third kappa shape index (κ3) is 4.40. The second-order valence-corrected chi connectivity index (χ2v) is 7.23. The number of hydrogen-bond donors (Lipinski definition) is 2. The third-order valence-electron chi connectivity index (χ3n) is 3.40. The molecule has 0 aliphatic carbocycles. The summed E-state index contributed by atoms with van der Waals surface area (Å²) in [6.07, 6.45) is 1.63. The van der Waals surface area contributed by atoms with Crippen molar-refractivity contribution in [3.05, 3.63) is 68.6 Å². The van der Waals surface area contributed by atoms with Gasteiger partial charge in [-0.05, 0) is 42.8 Å². The molecular weight excluding hydrogens is 393 g/mol. The first-order valence-electron chi connectivity index (χ1n) is 7.50. The quantitative estimate of drug-likeness (QED) is 0.625. The highest BCUT2D eigenvalue weighted by atomic mass is 35.5. The number of nitrogens with one attached hydrogen (secondary N) is 1. The van der Waals surface area contributed by atoms with Crippen LogP contribution in [0.4, 0.5) is 5.69 Å². The molecule has 3 aromatic rings. The number of phenolic OH excluding ortho intramolecular Hbond substituents is 1. The average Bonchev–Trinajstić information content (AvgIpc) is 3.10. The fourth-order valence-electron chi connectivity index (χ4n) is 2.05. The number of nitrogens with zero attached hydrogens (tertiary/aromatic N) is 2. The van der Waals surface area contributed by atoms with Crippen molar-refractivity contribution in [2.75, 3.05) is 5.32 Å². The maximum absolute atomic E-state index is 12.3. The monoisotopic (exact) mass is 405 g/mol. The highest BCUT2D eigenvalue weighted by Crippen LogP contribution is 2.29. The summed E-state index contributed by atoms with van der Waals surface area (Å²) in [4.78, 5) is 12.3. The van der Waals surface area contributed by atoms with E-state index >= 15 is 0 Å². The molecule has 26 heavy (non-hydrogen) atoms. The number of halogens is 2. The van der Waals surface area contributed by atoms with E-state index in [1.165, 1.54) is 6.07 Å². The van der Waals surface area contributed by atoms with Crippen LogP contribution in [-0.4, -0.2) is 21.2 Å². The van der Waals surface area contributed by atoms with Gasteiger partial charge in [-0.2, -0.15) is 0 Å². The predicted octanol–water partition coefficient (Wildman–Crippen LogP) is 5.19. The number of anilines is 1. The van der Waals surface area contributed by atoms with Crippen molar-refractivity contribution in [1.82, 2.24) is 10.2 Å². The zero-order valence-electron chi connectivity index (χ0n) is 13.5. The minimum atomic E-state index is -0.352. The van der Waals surface area contributed by atoms with Gasteiger partial charge in [0.1, 0.15) is 5.75 Å². The van der Waals surface area contributed by atoms with Crippen molar-refractivity contribution in [1.29, 1.82) is 0 Å². The number of amides is 1. The number of aryl methyl sites for hydroxylation is 1. The normalized spacial score (nSPS) is 11.4. The van der Waals surface area contributed by atoms with Crippen LogP contribution in [0.2, 0.25) is 5.02 Å². The van der Waals surface area contributed by atoms with Crippen LogP contribution in [0.5, 0.6) is 5.75 Å². The molecule has 3 rings (SSSR count). The van der Waals surface area contributed by atoms with E-state index in [0.29, 0.717) is 21.3 Å². The van der Waals surface area contributed by atoms with E-state index in [4.69, 9.17) is 23.2 Å². The maximum Gasteiger partial charge on any atom is 0.286 e. The third-order valence-corrected chi connectivity index (χ3v) is 5.06. The summed E-state index contributed by atoms with van der Waals surface area (Å²) in [5.74, 6) is -0.360. The van der Waals surface area contributed by atoms with E-state index in [-0.39, 0.29) is 21.7 Å². The molecule has 0 bridgehead atoms. The Labute approximate surface area is 163 Å². The van der Waals surface area contributed by atoms with E-state index in [2.05, 4.69) is 15.5 Å². The molecule has 1 heterocycles. The Hall–Kier alpha value is -2.41. The largest absolute Gasteiger partial charge is 0.506 e. The molecule has 2 N–H and O–H groups in total. The number of aromatic hydroxyl groups is 1. The Balaban J connectivity index is 1.75. The van der Waals surface area contributed by atoms with Gasteiger partial charge < -0.3 is 10.4 Å². The van der Waals surface area contributed by atoms with Gasteiger partial charge in [-0.15, -0.1) is 10.2 Å². The molecular formula is C18H13Cl2N3O2S. The summed E-state index contributed by atoms with van der Waals surface area (Å²) >= 11 is 13.2. The Morgan fingerprint density at radius 3 is 2.54 bits per heavy atom. The molecule has 1 aromatic heterocycles. The number of phenols is 1. The highest BCUT2D eigenvalue weighted by molar-refractivity contribution is 7.15.